The summed E-state index contributed by atoms with van der Waals surface area (Å²) >= 11 is 0. The highest BCUT2D eigenvalue weighted by Gasteiger charge is 2.18. The minimum Gasteiger partial charge on any atom is -0.426 e. The summed E-state index contributed by atoms with van der Waals surface area (Å²) in [4.78, 5) is 11.9. The standard InChI is InChI=1S/C16H16FNO4/c17-11-3-1-4-12(9-11)21-15-7-6-14(22-15)16(19)18-10-13-5-2-8-20-13/h1,3-4,6-7,9,13H,2,5,8,10H2,(H,18,19)/t13-/m1/s1. The summed E-state index contributed by atoms with van der Waals surface area (Å²) in [6.07, 6.45) is 2.04. The van der Waals surface area contributed by atoms with Crippen molar-refractivity contribution in [2.45, 2.75) is 18.9 Å². The zero-order valence-electron chi connectivity index (χ0n) is 11.9. The Balaban J connectivity index is 1.57. The first-order valence-electron chi connectivity index (χ1n) is 7.14. The molecule has 5 nitrogen and oxygen atoms in total. The van der Waals surface area contributed by atoms with Gasteiger partial charge in [0.1, 0.15) is 11.6 Å². The third kappa shape index (κ3) is 3.65. The van der Waals surface area contributed by atoms with Crippen LogP contribution in [0.4, 0.5) is 4.39 Å². The van der Waals surface area contributed by atoms with E-state index in [2.05, 4.69) is 5.32 Å². The molecule has 0 spiro atoms. The van der Waals surface area contributed by atoms with Crippen molar-refractivity contribution in [1.29, 1.82) is 0 Å². The average molecular weight is 305 g/mol. The fourth-order valence-electron chi connectivity index (χ4n) is 2.24. The predicted octanol–water partition coefficient (Wildman–Crippen LogP) is 3.12. The van der Waals surface area contributed by atoms with Crippen LogP contribution < -0.4 is 10.1 Å². The summed E-state index contributed by atoms with van der Waals surface area (Å²) < 4.78 is 29.2. The largest absolute Gasteiger partial charge is 0.426 e. The van der Waals surface area contributed by atoms with Gasteiger partial charge in [-0.3, -0.25) is 4.79 Å². The number of carbonyl (C=O) groups is 1. The first-order chi connectivity index (χ1) is 10.7. The monoisotopic (exact) mass is 305 g/mol. The van der Waals surface area contributed by atoms with E-state index in [0.29, 0.717) is 12.3 Å². The molecule has 1 aliphatic rings. The maximum absolute atomic E-state index is 13.1. The van der Waals surface area contributed by atoms with Gasteiger partial charge in [0.05, 0.1) is 6.10 Å². The Morgan fingerprint density at radius 3 is 3.05 bits per heavy atom. The minimum absolute atomic E-state index is 0.0712. The Kier molecular flexibility index (Phi) is 4.39. The molecular formula is C16H16FNO4. The number of amides is 1. The number of ether oxygens (including phenoxy) is 2. The van der Waals surface area contributed by atoms with Gasteiger partial charge in [0, 0.05) is 25.3 Å². The summed E-state index contributed by atoms with van der Waals surface area (Å²) in [5.74, 6) is -0.152. The van der Waals surface area contributed by atoms with Crippen LogP contribution in [0.5, 0.6) is 11.7 Å². The van der Waals surface area contributed by atoms with E-state index in [1.807, 2.05) is 0 Å². The first-order valence-corrected chi connectivity index (χ1v) is 7.14. The molecule has 1 N–H and O–H groups in total. The Morgan fingerprint density at radius 2 is 2.27 bits per heavy atom. The number of hydrogen-bond acceptors (Lipinski definition) is 4. The molecule has 1 amide bonds. The summed E-state index contributed by atoms with van der Waals surface area (Å²) in [6, 6.07) is 8.72. The van der Waals surface area contributed by atoms with E-state index in [9.17, 15) is 9.18 Å². The van der Waals surface area contributed by atoms with E-state index in [1.54, 1.807) is 6.07 Å². The molecule has 3 rings (SSSR count). The van der Waals surface area contributed by atoms with Crippen LogP contribution >= 0.6 is 0 Å². The average Bonchev–Trinajstić information content (AvgIpc) is 3.16. The predicted molar refractivity (Wildman–Crippen MR) is 76.5 cm³/mol. The summed E-state index contributed by atoms with van der Waals surface area (Å²) in [6.45, 7) is 1.20. The maximum Gasteiger partial charge on any atom is 0.290 e. The molecule has 2 aromatic rings. The van der Waals surface area contributed by atoms with Crippen molar-refractivity contribution in [2.75, 3.05) is 13.2 Å². The third-order valence-corrected chi connectivity index (χ3v) is 3.33. The molecule has 1 aromatic heterocycles. The number of rotatable bonds is 5. The second-order valence-corrected chi connectivity index (χ2v) is 5.02. The third-order valence-electron chi connectivity index (χ3n) is 3.33. The Bertz CT molecular complexity index is 649. The van der Waals surface area contributed by atoms with Crippen LogP contribution in [0.1, 0.15) is 23.4 Å². The molecule has 6 heteroatoms. The summed E-state index contributed by atoms with van der Waals surface area (Å²) in [7, 11) is 0. The van der Waals surface area contributed by atoms with Crippen LogP contribution in [0.2, 0.25) is 0 Å². The molecule has 0 unspecified atom stereocenters. The lowest BCUT2D eigenvalue weighted by Crippen LogP contribution is -2.31. The second-order valence-electron chi connectivity index (χ2n) is 5.02. The normalized spacial score (nSPS) is 17.4. The zero-order valence-corrected chi connectivity index (χ0v) is 11.9. The number of hydrogen-bond donors (Lipinski definition) is 1. The fourth-order valence-corrected chi connectivity index (χ4v) is 2.24. The first kappa shape index (κ1) is 14.6. The molecule has 0 bridgehead atoms. The van der Waals surface area contributed by atoms with Crippen molar-refractivity contribution in [1.82, 2.24) is 5.32 Å². The van der Waals surface area contributed by atoms with Crippen molar-refractivity contribution in [3.8, 4) is 11.7 Å². The van der Waals surface area contributed by atoms with Gasteiger partial charge in [-0.05, 0) is 31.0 Å². The van der Waals surface area contributed by atoms with Crippen LogP contribution in [0.25, 0.3) is 0 Å². The highest BCUT2D eigenvalue weighted by molar-refractivity contribution is 5.91. The van der Waals surface area contributed by atoms with E-state index in [-0.39, 0.29) is 23.7 Å². The van der Waals surface area contributed by atoms with Crippen molar-refractivity contribution in [2.24, 2.45) is 0 Å². The molecule has 1 atom stereocenters. The van der Waals surface area contributed by atoms with Gasteiger partial charge in [-0.15, -0.1) is 0 Å². The molecule has 22 heavy (non-hydrogen) atoms. The number of nitrogens with one attached hydrogen (secondary N) is 1. The van der Waals surface area contributed by atoms with Gasteiger partial charge in [-0.1, -0.05) is 6.07 Å². The van der Waals surface area contributed by atoms with Crippen molar-refractivity contribution < 1.29 is 23.1 Å². The van der Waals surface area contributed by atoms with Gasteiger partial charge in [0.2, 0.25) is 0 Å². The molecule has 1 aliphatic heterocycles. The number of benzene rings is 1. The van der Waals surface area contributed by atoms with Crippen LogP contribution in [0.3, 0.4) is 0 Å². The second kappa shape index (κ2) is 6.62. The highest BCUT2D eigenvalue weighted by atomic mass is 19.1. The number of furan rings is 1. The van der Waals surface area contributed by atoms with E-state index in [4.69, 9.17) is 13.9 Å². The van der Waals surface area contributed by atoms with Crippen LogP contribution in [0, 0.1) is 5.82 Å². The number of halogens is 1. The lowest BCUT2D eigenvalue weighted by atomic mass is 10.2. The topological polar surface area (TPSA) is 60.7 Å². The van der Waals surface area contributed by atoms with E-state index in [0.717, 1.165) is 19.4 Å². The molecular weight excluding hydrogens is 289 g/mol. The lowest BCUT2D eigenvalue weighted by molar-refractivity contribution is 0.0831. The molecule has 1 fully saturated rings. The molecule has 1 saturated heterocycles. The molecule has 2 heterocycles. The minimum atomic E-state index is -0.404. The highest BCUT2D eigenvalue weighted by Crippen LogP contribution is 2.24. The number of carbonyl (C=O) groups excluding carboxylic acids is 1. The van der Waals surface area contributed by atoms with E-state index < -0.39 is 5.82 Å². The van der Waals surface area contributed by atoms with Gasteiger partial charge < -0.3 is 19.2 Å². The lowest BCUT2D eigenvalue weighted by Gasteiger charge is -2.09. The van der Waals surface area contributed by atoms with Gasteiger partial charge in [-0.25, -0.2) is 4.39 Å². The molecule has 0 saturated carbocycles. The molecule has 0 radical (unpaired) electrons. The van der Waals surface area contributed by atoms with Gasteiger partial charge in [-0.2, -0.15) is 0 Å². The van der Waals surface area contributed by atoms with Gasteiger partial charge in [0.15, 0.2) is 5.76 Å². The Hall–Kier alpha value is -2.34. The molecule has 0 aliphatic carbocycles. The van der Waals surface area contributed by atoms with E-state index >= 15 is 0 Å². The molecule has 116 valence electrons. The van der Waals surface area contributed by atoms with Crippen molar-refractivity contribution >= 4 is 5.91 Å². The van der Waals surface area contributed by atoms with Crippen molar-refractivity contribution in [3.05, 3.63) is 48.0 Å². The SMILES string of the molecule is O=C(NC[C@H]1CCCO1)c1ccc(Oc2cccc(F)c2)o1. The van der Waals surface area contributed by atoms with Gasteiger partial charge >= 0.3 is 0 Å². The maximum atomic E-state index is 13.1. The fraction of sp³-hybridized carbons (Fsp3) is 0.312. The Morgan fingerprint density at radius 1 is 1.36 bits per heavy atom. The quantitative estimate of drug-likeness (QED) is 0.922. The zero-order chi connectivity index (χ0) is 15.4. The van der Waals surface area contributed by atoms with Crippen LogP contribution in [-0.2, 0) is 4.74 Å². The van der Waals surface area contributed by atoms with Crippen LogP contribution in [-0.4, -0.2) is 25.2 Å². The Labute approximate surface area is 127 Å². The van der Waals surface area contributed by atoms with Gasteiger partial charge in [0.25, 0.3) is 11.9 Å². The van der Waals surface area contributed by atoms with Crippen LogP contribution in [0.15, 0.2) is 40.8 Å². The summed E-state index contributed by atoms with van der Waals surface area (Å²) in [5, 5.41) is 2.75. The van der Waals surface area contributed by atoms with Crippen molar-refractivity contribution in [3.63, 3.8) is 0 Å². The smallest absolute Gasteiger partial charge is 0.290 e. The molecule has 1 aromatic carbocycles. The summed E-state index contributed by atoms with van der Waals surface area (Å²) in [5.41, 5.74) is 0. The van der Waals surface area contributed by atoms with E-state index in [1.165, 1.54) is 30.3 Å².